The Hall–Kier alpha value is -1.17. The fourth-order valence-corrected chi connectivity index (χ4v) is 1.85. The Labute approximate surface area is 114 Å². The Kier molecular flexibility index (Phi) is 4.16. The van der Waals surface area contributed by atoms with Crippen molar-refractivity contribution < 1.29 is 4.52 Å². The van der Waals surface area contributed by atoms with Crippen LogP contribution in [0.4, 0.5) is 0 Å². The fourth-order valence-electron chi connectivity index (χ4n) is 1.38. The summed E-state index contributed by atoms with van der Waals surface area (Å²) in [7, 11) is 0. The number of nitrogens with zero attached hydrogens (tertiary/aromatic N) is 3. The van der Waals surface area contributed by atoms with Crippen molar-refractivity contribution in [3.8, 4) is 11.5 Å². The Morgan fingerprint density at radius 3 is 2.89 bits per heavy atom. The highest BCUT2D eigenvalue weighted by atomic mass is 35.5. The van der Waals surface area contributed by atoms with Crippen LogP contribution in [0, 0.1) is 0 Å². The summed E-state index contributed by atoms with van der Waals surface area (Å²) in [5, 5.41) is 4.69. The molecule has 1 atom stereocenters. The molecule has 1 unspecified atom stereocenters. The van der Waals surface area contributed by atoms with E-state index in [4.69, 9.17) is 33.5 Å². The van der Waals surface area contributed by atoms with E-state index in [9.17, 15) is 0 Å². The minimum absolute atomic E-state index is 0.0950. The third kappa shape index (κ3) is 3.19. The van der Waals surface area contributed by atoms with E-state index in [0.29, 0.717) is 33.9 Å². The molecule has 0 aromatic carbocycles. The van der Waals surface area contributed by atoms with Crippen LogP contribution in [0.2, 0.25) is 10.0 Å². The molecule has 0 amide bonds. The molecule has 2 aromatic heterocycles. The summed E-state index contributed by atoms with van der Waals surface area (Å²) in [4.78, 5) is 8.30. The third-order valence-corrected chi connectivity index (χ3v) is 2.80. The van der Waals surface area contributed by atoms with Crippen molar-refractivity contribution in [3.05, 3.63) is 28.2 Å². The van der Waals surface area contributed by atoms with E-state index in [2.05, 4.69) is 15.1 Å². The molecule has 5 nitrogen and oxygen atoms in total. The van der Waals surface area contributed by atoms with Crippen molar-refractivity contribution in [2.24, 2.45) is 5.73 Å². The molecule has 7 heteroatoms. The van der Waals surface area contributed by atoms with Crippen LogP contribution in [0.5, 0.6) is 0 Å². The zero-order valence-electron chi connectivity index (χ0n) is 9.73. The van der Waals surface area contributed by atoms with E-state index in [0.717, 1.165) is 6.42 Å². The number of hydrogen-bond acceptors (Lipinski definition) is 5. The highest BCUT2D eigenvalue weighted by molar-refractivity contribution is 6.35. The number of rotatable bonds is 4. The van der Waals surface area contributed by atoms with Gasteiger partial charge in [0.1, 0.15) is 5.69 Å². The van der Waals surface area contributed by atoms with Crippen LogP contribution in [-0.4, -0.2) is 21.2 Å². The fraction of sp³-hybridized carbons (Fsp3) is 0.364. The summed E-state index contributed by atoms with van der Waals surface area (Å²) in [5.74, 6) is 0.881. The van der Waals surface area contributed by atoms with Gasteiger partial charge in [-0.15, -0.1) is 0 Å². The summed E-state index contributed by atoms with van der Waals surface area (Å²) in [6.07, 6.45) is 2.90. The zero-order chi connectivity index (χ0) is 13.1. The first-order valence-electron chi connectivity index (χ1n) is 5.46. The van der Waals surface area contributed by atoms with Gasteiger partial charge in [-0.1, -0.05) is 28.4 Å². The molecule has 18 heavy (non-hydrogen) atoms. The highest BCUT2D eigenvalue weighted by Gasteiger charge is 2.13. The molecular formula is C11H12Cl2N4O. The van der Waals surface area contributed by atoms with Crippen LogP contribution in [-0.2, 0) is 6.42 Å². The quantitative estimate of drug-likeness (QED) is 0.935. The van der Waals surface area contributed by atoms with Crippen LogP contribution in [0.15, 0.2) is 16.8 Å². The number of nitrogens with two attached hydrogens (primary N) is 1. The first-order chi connectivity index (χ1) is 8.56. The van der Waals surface area contributed by atoms with Crippen LogP contribution in [0.1, 0.15) is 19.2 Å². The second-order valence-electron chi connectivity index (χ2n) is 4.01. The van der Waals surface area contributed by atoms with Gasteiger partial charge in [-0.25, -0.2) is 4.98 Å². The smallest absolute Gasteiger partial charge is 0.227 e. The molecule has 0 radical (unpaired) electrons. The average molecular weight is 287 g/mol. The van der Waals surface area contributed by atoms with Crippen LogP contribution in [0.25, 0.3) is 11.5 Å². The molecule has 0 aliphatic rings. The Balaban J connectivity index is 2.18. The molecular weight excluding hydrogens is 275 g/mol. The Bertz CT molecular complexity index is 542. The molecule has 0 bridgehead atoms. The predicted octanol–water partition coefficient (Wildman–Crippen LogP) is 2.72. The number of hydrogen-bond donors (Lipinski definition) is 1. The van der Waals surface area contributed by atoms with E-state index < -0.39 is 0 Å². The van der Waals surface area contributed by atoms with Crippen molar-refractivity contribution in [3.63, 3.8) is 0 Å². The first-order valence-corrected chi connectivity index (χ1v) is 6.21. The lowest BCUT2D eigenvalue weighted by Gasteiger charge is -1.99. The SMILES string of the molecule is CC(N)CCc1nc(-c2ncc(Cl)cc2Cl)no1. The molecule has 0 saturated heterocycles. The normalized spacial score (nSPS) is 12.7. The van der Waals surface area contributed by atoms with Crippen LogP contribution in [0.3, 0.4) is 0 Å². The maximum absolute atomic E-state index is 6.01. The summed E-state index contributed by atoms with van der Waals surface area (Å²) in [6.45, 7) is 1.93. The third-order valence-electron chi connectivity index (χ3n) is 2.30. The lowest BCUT2D eigenvalue weighted by molar-refractivity contribution is 0.372. The average Bonchev–Trinajstić information content (AvgIpc) is 2.75. The van der Waals surface area contributed by atoms with Gasteiger partial charge in [-0.05, 0) is 19.4 Å². The van der Waals surface area contributed by atoms with Gasteiger partial charge in [-0.3, -0.25) is 0 Å². The van der Waals surface area contributed by atoms with E-state index in [-0.39, 0.29) is 6.04 Å². The number of aromatic nitrogens is 3. The first kappa shape index (κ1) is 13.3. The van der Waals surface area contributed by atoms with Gasteiger partial charge in [0.05, 0.1) is 10.0 Å². The van der Waals surface area contributed by atoms with E-state index >= 15 is 0 Å². The topological polar surface area (TPSA) is 77.8 Å². The molecule has 0 aliphatic heterocycles. The summed E-state index contributed by atoms with van der Waals surface area (Å²) in [6, 6.07) is 1.68. The molecule has 0 saturated carbocycles. The lowest BCUT2D eigenvalue weighted by atomic mass is 10.2. The monoisotopic (exact) mass is 286 g/mol. The Morgan fingerprint density at radius 2 is 2.22 bits per heavy atom. The van der Waals surface area contributed by atoms with Gasteiger partial charge in [0.25, 0.3) is 0 Å². The van der Waals surface area contributed by atoms with Gasteiger partial charge in [0.15, 0.2) is 0 Å². The minimum Gasteiger partial charge on any atom is -0.339 e. The maximum Gasteiger partial charge on any atom is 0.227 e. The van der Waals surface area contributed by atoms with Crippen molar-refractivity contribution >= 4 is 23.2 Å². The van der Waals surface area contributed by atoms with E-state index in [1.54, 1.807) is 6.07 Å². The van der Waals surface area contributed by atoms with Gasteiger partial charge in [0, 0.05) is 18.7 Å². The van der Waals surface area contributed by atoms with Crippen molar-refractivity contribution in [1.82, 2.24) is 15.1 Å². The summed E-state index contributed by atoms with van der Waals surface area (Å²) in [5.41, 5.74) is 6.12. The molecule has 2 N–H and O–H groups in total. The predicted molar refractivity (Wildman–Crippen MR) is 69.5 cm³/mol. The van der Waals surface area contributed by atoms with Gasteiger partial charge >= 0.3 is 0 Å². The molecule has 0 fully saturated rings. The second kappa shape index (κ2) is 5.65. The standard InChI is InChI=1S/C11H12Cl2N4O/c1-6(14)2-3-9-16-11(17-18-9)10-8(13)4-7(12)5-15-10/h4-6H,2-3,14H2,1H3. The van der Waals surface area contributed by atoms with Gasteiger partial charge < -0.3 is 10.3 Å². The number of aryl methyl sites for hydroxylation is 1. The van der Waals surface area contributed by atoms with Crippen LogP contribution < -0.4 is 5.73 Å². The van der Waals surface area contributed by atoms with E-state index in [1.807, 2.05) is 6.92 Å². The largest absolute Gasteiger partial charge is 0.339 e. The lowest BCUT2D eigenvalue weighted by Crippen LogP contribution is -2.15. The Morgan fingerprint density at radius 1 is 1.44 bits per heavy atom. The van der Waals surface area contributed by atoms with Gasteiger partial charge in [0.2, 0.25) is 11.7 Å². The van der Waals surface area contributed by atoms with Crippen LogP contribution >= 0.6 is 23.2 Å². The summed E-state index contributed by atoms with van der Waals surface area (Å²) >= 11 is 11.8. The molecule has 0 spiro atoms. The van der Waals surface area contributed by atoms with Crippen molar-refractivity contribution in [2.45, 2.75) is 25.8 Å². The highest BCUT2D eigenvalue weighted by Crippen LogP contribution is 2.25. The van der Waals surface area contributed by atoms with E-state index in [1.165, 1.54) is 6.20 Å². The molecule has 2 heterocycles. The maximum atomic E-state index is 6.01. The van der Waals surface area contributed by atoms with Gasteiger partial charge in [-0.2, -0.15) is 4.98 Å². The van der Waals surface area contributed by atoms with Crippen molar-refractivity contribution in [1.29, 1.82) is 0 Å². The number of pyridine rings is 1. The molecule has 2 aromatic rings. The zero-order valence-corrected chi connectivity index (χ0v) is 11.2. The summed E-state index contributed by atoms with van der Waals surface area (Å²) < 4.78 is 5.11. The molecule has 2 rings (SSSR count). The minimum atomic E-state index is 0.0950. The van der Waals surface area contributed by atoms with Crippen molar-refractivity contribution in [2.75, 3.05) is 0 Å². The second-order valence-corrected chi connectivity index (χ2v) is 4.86. The number of halogens is 2. The molecule has 0 aliphatic carbocycles. The molecule has 96 valence electrons.